The molecule has 0 saturated carbocycles. The zero-order valence-corrected chi connectivity index (χ0v) is 16.8. The summed E-state index contributed by atoms with van der Waals surface area (Å²) < 4.78 is 19.8. The molecule has 3 aromatic carbocycles. The fourth-order valence-electron chi connectivity index (χ4n) is 3.01. The summed E-state index contributed by atoms with van der Waals surface area (Å²) in [5.41, 5.74) is 2.87. The molecule has 3 aromatic rings. The van der Waals surface area contributed by atoms with E-state index in [1.54, 1.807) is 0 Å². The van der Waals surface area contributed by atoms with Crippen molar-refractivity contribution >= 4 is 24.0 Å². The lowest BCUT2D eigenvalue weighted by atomic mass is 10.2. The van der Waals surface area contributed by atoms with E-state index in [4.69, 9.17) is 4.52 Å². The number of hydrogen-bond acceptors (Lipinski definition) is 4. The van der Waals surface area contributed by atoms with Gasteiger partial charge in [0, 0.05) is 37.9 Å². The zero-order valence-electron chi connectivity index (χ0n) is 15.9. The van der Waals surface area contributed by atoms with Crippen molar-refractivity contribution < 1.29 is 9.09 Å². The van der Waals surface area contributed by atoms with Gasteiger partial charge in [-0.15, -0.1) is 0 Å². The van der Waals surface area contributed by atoms with Gasteiger partial charge in [-0.1, -0.05) is 48.5 Å². The van der Waals surface area contributed by atoms with Crippen molar-refractivity contribution in [2.45, 2.75) is 5.78 Å². The summed E-state index contributed by atoms with van der Waals surface area (Å²) in [6.07, 6.45) is 0. The summed E-state index contributed by atoms with van der Waals surface area (Å²) in [6.45, 7) is 0. The summed E-state index contributed by atoms with van der Waals surface area (Å²) in [5, 5.41) is 4.11. The van der Waals surface area contributed by atoms with Crippen molar-refractivity contribution in [3.8, 4) is 0 Å². The second-order valence-electron chi connectivity index (χ2n) is 6.51. The number of nitrogens with zero attached hydrogens (tertiary/aromatic N) is 1. The molecule has 5 heteroatoms. The van der Waals surface area contributed by atoms with Crippen LogP contribution in [0.3, 0.4) is 0 Å². The van der Waals surface area contributed by atoms with Crippen molar-refractivity contribution in [3.05, 3.63) is 90.5 Å². The Labute approximate surface area is 161 Å². The molecule has 0 heterocycles. The van der Waals surface area contributed by atoms with Crippen LogP contribution in [0.4, 0.5) is 11.4 Å². The smallest absolute Gasteiger partial charge is 0.257 e. The first-order valence-corrected chi connectivity index (χ1v) is 10.5. The van der Waals surface area contributed by atoms with Crippen LogP contribution in [-0.4, -0.2) is 21.2 Å². The Morgan fingerprint density at radius 1 is 0.852 bits per heavy atom. The molecule has 3 rings (SSSR count). The highest BCUT2D eigenvalue weighted by Crippen LogP contribution is 2.58. The standard InChI is InChI=1S/C22H25N2O2P/c1-24(2)20-14-16-21(17-15-20)27(25,26-3)22(18-10-6-4-7-11-18)23-19-12-8-5-9-13-19/h4-17,22-23H,1-3H3/t22-,27+/m1/s1. The van der Waals surface area contributed by atoms with Gasteiger partial charge in [0.15, 0.2) is 0 Å². The minimum Gasteiger partial charge on any atom is -0.378 e. The average Bonchev–Trinajstić information content (AvgIpc) is 2.73. The van der Waals surface area contributed by atoms with Gasteiger partial charge in [0.2, 0.25) is 0 Å². The van der Waals surface area contributed by atoms with E-state index >= 15 is 0 Å². The second kappa shape index (κ2) is 8.43. The fraction of sp³-hybridized carbons (Fsp3) is 0.182. The van der Waals surface area contributed by atoms with Gasteiger partial charge in [-0.25, -0.2) is 0 Å². The number of nitrogens with one attached hydrogen (secondary N) is 1. The Bertz CT molecular complexity index is 897. The van der Waals surface area contributed by atoms with E-state index in [0.717, 1.165) is 16.9 Å². The molecular weight excluding hydrogens is 355 g/mol. The van der Waals surface area contributed by atoms with Gasteiger partial charge in [0.05, 0.1) is 0 Å². The molecule has 140 valence electrons. The SMILES string of the molecule is CO[P@@](=O)(c1ccc(N(C)C)cc1)[C@@H](Nc1ccccc1)c1ccccc1. The van der Waals surface area contributed by atoms with Crippen molar-refractivity contribution in [1.82, 2.24) is 0 Å². The van der Waals surface area contributed by atoms with E-state index in [2.05, 4.69) is 5.32 Å². The second-order valence-corrected chi connectivity index (χ2v) is 9.11. The lowest BCUT2D eigenvalue weighted by Crippen LogP contribution is -2.20. The Morgan fingerprint density at radius 2 is 1.41 bits per heavy atom. The number of para-hydroxylation sites is 1. The lowest BCUT2D eigenvalue weighted by molar-refractivity contribution is 0.396. The highest BCUT2D eigenvalue weighted by Gasteiger charge is 2.36. The van der Waals surface area contributed by atoms with Crippen LogP contribution in [0.15, 0.2) is 84.9 Å². The van der Waals surface area contributed by atoms with Gasteiger partial charge in [0.1, 0.15) is 5.78 Å². The first-order valence-electron chi connectivity index (χ1n) is 8.84. The van der Waals surface area contributed by atoms with Crippen LogP contribution in [0.25, 0.3) is 0 Å². The molecule has 0 aromatic heterocycles. The van der Waals surface area contributed by atoms with Crippen LogP contribution < -0.4 is 15.5 Å². The maximum absolute atomic E-state index is 14.1. The number of hydrogen-bond donors (Lipinski definition) is 1. The van der Waals surface area contributed by atoms with Gasteiger partial charge in [-0.2, -0.15) is 0 Å². The Hall–Kier alpha value is -2.55. The van der Waals surface area contributed by atoms with Crippen molar-refractivity contribution in [2.75, 3.05) is 31.4 Å². The molecule has 27 heavy (non-hydrogen) atoms. The van der Waals surface area contributed by atoms with Crippen LogP contribution in [0.5, 0.6) is 0 Å². The Balaban J connectivity index is 2.05. The highest BCUT2D eigenvalue weighted by molar-refractivity contribution is 7.67. The first-order chi connectivity index (χ1) is 13.0. The average molecular weight is 380 g/mol. The molecule has 4 nitrogen and oxygen atoms in total. The maximum Gasteiger partial charge on any atom is 0.257 e. The lowest BCUT2D eigenvalue weighted by Gasteiger charge is -2.29. The summed E-state index contributed by atoms with van der Waals surface area (Å²) in [7, 11) is 2.25. The van der Waals surface area contributed by atoms with E-state index in [1.807, 2.05) is 104 Å². The largest absolute Gasteiger partial charge is 0.378 e. The van der Waals surface area contributed by atoms with Crippen LogP contribution in [0, 0.1) is 0 Å². The third kappa shape index (κ3) is 4.24. The molecule has 0 unspecified atom stereocenters. The van der Waals surface area contributed by atoms with E-state index in [1.165, 1.54) is 7.11 Å². The van der Waals surface area contributed by atoms with E-state index in [-0.39, 0.29) is 0 Å². The molecule has 0 radical (unpaired) electrons. The minimum atomic E-state index is -3.23. The predicted molar refractivity (Wildman–Crippen MR) is 114 cm³/mol. The molecule has 0 aliphatic carbocycles. The molecule has 2 atom stereocenters. The highest BCUT2D eigenvalue weighted by atomic mass is 31.2. The molecule has 0 bridgehead atoms. The Morgan fingerprint density at radius 3 is 1.93 bits per heavy atom. The predicted octanol–water partition coefficient (Wildman–Crippen LogP) is 5.11. The Kier molecular flexibility index (Phi) is 6.00. The van der Waals surface area contributed by atoms with Gasteiger partial charge in [0.25, 0.3) is 7.37 Å². The molecule has 0 amide bonds. The first kappa shape index (κ1) is 19.2. The van der Waals surface area contributed by atoms with Crippen LogP contribution in [0.2, 0.25) is 0 Å². The van der Waals surface area contributed by atoms with Crippen molar-refractivity contribution in [1.29, 1.82) is 0 Å². The topological polar surface area (TPSA) is 41.6 Å². The number of benzene rings is 3. The van der Waals surface area contributed by atoms with Gasteiger partial charge in [-0.3, -0.25) is 4.57 Å². The third-order valence-corrected chi connectivity index (χ3v) is 7.20. The fourth-order valence-corrected chi connectivity index (χ4v) is 5.18. The van der Waals surface area contributed by atoms with Crippen LogP contribution >= 0.6 is 7.37 Å². The number of anilines is 2. The zero-order chi connectivity index (χ0) is 19.3. The quantitative estimate of drug-likeness (QED) is 0.578. The van der Waals surface area contributed by atoms with Crippen LogP contribution in [-0.2, 0) is 9.09 Å². The molecule has 1 N–H and O–H groups in total. The van der Waals surface area contributed by atoms with Crippen molar-refractivity contribution in [2.24, 2.45) is 0 Å². The number of rotatable bonds is 7. The maximum atomic E-state index is 14.1. The van der Waals surface area contributed by atoms with E-state index in [0.29, 0.717) is 5.30 Å². The summed E-state index contributed by atoms with van der Waals surface area (Å²) >= 11 is 0. The molecule has 0 aliphatic rings. The van der Waals surface area contributed by atoms with Gasteiger partial charge >= 0.3 is 0 Å². The molecule has 0 fully saturated rings. The van der Waals surface area contributed by atoms with E-state index in [9.17, 15) is 4.57 Å². The van der Waals surface area contributed by atoms with Gasteiger partial charge in [-0.05, 0) is 42.0 Å². The summed E-state index contributed by atoms with van der Waals surface area (Å²) in [6, 6.07) is 27.3. The van der Waals surface area contributed by atoms with Crippen LogP contribution in [0.1, 0.15) is 11.3 Å². The minimum absolute atomic E-state index is 0.490. The normalized spacial score (nSPS) is 14.2. The van der Waals surface area contributed by atoms with Crippen molar-refractivity contribution in [3.63, 3.8) is 0 Å². The van der Waals surface area contributed by atoms with Gasteiger partial charge < -0.3 is 14.7 Å². The monoisotopic (exact) mass is 380 g/mol. The molecule has 0 aliphatic heterocycles. The van der Waals surface area contributed by atoms with E-state index < -0.39 is 13.2 Å². The third-order valence-electron chi connectivity index (χ3n) is 4.53. The molecule has 0 spiro atoms. The molecular formula is C22H25N2O2P. The molecule has 0 saturated heterocycles. The summed E-state index contributed by atoms with van der Waals surface area (Å²) in [5.74, 6) is -0.490. The summed E-state index contributed by atoms with van der Waals surface area (Å²) in [4.78, 5) is 2.01.